The van der Waals surface area contributed by atoms with Gasteiger partial charge >= 0.3 is 7.12 Å². The monoisotopic (exact) mass is 412 g/mol. The summed E-state index contributed by atoms with van der Waals surface area (Å²) in [5.41, 5.74) is 0.582. The van der Waals surface area contributed by atoms with E-state index >= 15 is 0 Å². The average molecular weight is 412 g/mol. The molecule has 0 bridgehead atoms. The van der Waals surface area contributed by atoms with Crippen LogP contribution in [0.5, 0.6) is 0 Å². The van der Waals surface area contributed by atoms with Gasteiger partial charge in [0.1, 0.15) is 0 Å². The SMILES string of the molecule is OB(O)c1cccc2c1sc1ccccc12.c1ccc2c(c1)sc1ccccc12. The van der Waals surface area contributed by atoms with Gasteiger partial charge in [0.2, 0.25) is 0 Å². The fourth-order valence-electron chi connectivity index (χ4n) is 3.65. The van der Waals surface area contributed by atoms with E-state index < -0.39 is 7.12 Å². The van der Waals surface area contributed by atoms with Gasteiger partial charge in [-0.05, 0) is 29.0 Å². The van der Waals surface area contributed by atoms with Crippen LogP contribution >= 0.6 is 22.7 Å². The van der Waals surface area contributed by atoms with Crippen LogP contribution in [0.3, 0.4) is 0 Å². The Morgan fingerprint density at radius 1 is 0.483 bits per heavy atom. The van der Waals surface area contributed by atoms with Crippen molar-refractivity contribution < 1.29 is 10.0 Å². The highest BCUT2D eigenvalue weighted by molar-refractivity contribution is 7.27. The van der Waals surface area contributed by atoms with Gasteiger partial charge in [-0.3, -0.25) is 0 Å². The van der Waals surface area contributed by atoms with Gasteiger partial charge in [0.05, 0.1) is 0 Å². The Hall–Kier alpha value is -2.70. The first-order valence-corrected chi connectivity index (χ1v) is 11.0. The Labute approximate surface area is 176 Å². The first kappa shape index (κ1) is 18.3. The molecule has 0 unspecified atom stereocenters. The van der Waals surface area contributed by atoms with Crippen LogP contribution in [-0.4, -0.2) is 17.2 Å². The predicted molar refractivity (Wildman–Crippen MR) is 128 cm³/mol. The van der Waals surface area contributed by atoms with Crippen molar-refractivity contribution in [1.82, 2.24) is 0 Å². The fourth-order valence-corrected chi connectivity index (χ4v) is 5.99. The summed E-state index contributed by atoms with van der Waals surface area (Å²) in [5, 5.41) is 23.6. The lowest BCUT2D eigenvalue weighted by atomic mass is 9.80. The maximum absolute atomic E-state index is 9.31. The first-order valence-electron chi connectivity index (χ1n) is 9.35. The van der Waals surface area contributed by atoms with Crippen LogP contribution in [0.1, 0.15) is 0 Å². The van der Waals surface area contributed by atoms with Gasteiger partial charge in [0, 0.05) is 35.0 Å². The molecule has 0 atom stereocenters. The third kappa shape index (κ3) is 3.32. The molecule has 2 aromatic heterocycles. The summed E-state index contributed by atoms with van der Waals surface area (Å²) < 4.78 is 4.89. The minimum absolute atomic E-state index is 0.582. The molecule has 6 rings (SSSR count). The van der Waals surface area contributed by atoms with E-state index in [2.05, 4.69) is 54.6 Å². The molecule has 0 aliphatic heterocycles. The Balaban J connectivity index is 0.000000128. The minimum Gasteiger partial charge on any atom is -0.423 e. The average Bonchev–Trinajstić information content (AvgIpc) is 3.32. The molecule has 29 heavy (non-hydrogen) atoms. The largest absolute Gasteiger partial charge is 0.489 e. The quantitative estimate of drug-likeness (QED) is 0.336. The molecule has 0 aliphatic carbocycles. The van der Waals surface area contributed by atoms with Crippen LogP contribution in [0.2, 0.25) is 0 Å². The maximum Gasteiger partial charge on any atom is 0.489 e. The van der Waals surface area contributed by atoms with Gasteiger partial charge in [-0.1, -0.05) is 72.8 Å². The van der Waals surface area contributed by atoms with Crippen molar-refractivity contribution in [3.63, 3.8) is 0 Å². The highest BCUT2D eigenvalue weighted by Crippen LogP contribution is 2.33. The van der Waals surface area contributed by atoms with Crippen LogP contribution in [0, 0.1) is 0 Å². The molecule has 2 N–H and O–H groups in total. The Morgan fingerprint density at radius 2 is 0.931 bits per heavy atom. The topological polar surface area (TPSA) is 40.5 Å². The van der Waals surface area contributed by atoms with Gasteiger partial charge in [-0.2, -0.15) is 0 Å². The number of hydrogen-bond acceptors (Lipinski definition) is 4. The molecule has 0 radical (unpaired) electrons. The van der Waals surface area contributed by atoms with Crippen molar-refractivity contribution in [3.05, 3.63) is 91.0 Å². The van der Waals surface area contributed by atoms with Gasteiger partial charge in [-0.15, -0.1) is 22.7 Å². The van der Waals surface area contributed by atoms with E-state index in [9.17, 15) is 10.0 Å². The molecule has 0 saturated carbocycles. The molecule has 4 aromatic carbocycles. The lowest BCUT2D eigenvalue weighted by Gasteiger charge is -1.99. The summed E-state index contributed by atoms with van der Waals surface area (Å²) in [7, 11) is -1.41. The number of benzene rings is 4. The molecular weight excluding hydrogens is 395 g/mol. The normalized spacial score (nSPS) is 11.1. The van der Waals surface area contributed by atoms with Crippen LogP contribution in [0.25, 0.3) is 40.3 Å². The molecule has 5 heteroatoms. The molecule has 2 nitrogen and oxygen atoms in total. The van der Waals surface area contributed by atoms with Crippen molar-refractivity contribution in [2.45, 2.75) is 0 Å². The fraction of sp³-hybridized carbons (Fsp3) is 0. The van der Waals surface area contributed by atoms with Crippen LogP contribution in [-0.2, 0) is 0 Å². The molecule has 0 fully saturated rings. The van der Waals surface area contributed by atoms with E-state index in [4.69, 9.17) is 0 Å². The van der Waals surface area contributed by atoms with Gasteiger partial charge in [-0.25, -0.2) is 0 Å². The summed E-state index contributed by atoms with van der Waals surface area (Å²) >= 11 is 3.46. The van der Waals surface area contributed by atoms with E-state index in [-0.39, 0.29) is 0 Å². The second-order valence-corrected chi connectivity index (χ2v) is 8.93. The molecule has 0 saturated heterocycles. The van der Waals surface area contributed by atoms with Crippen molar-refractivity contribution >= 4 is 75.6 Å². The van der Waals surface area contributed by atoms with E-state index in [0.717, 1.165) is 10.1 Å². The summed E-state index contributed by atoms with van der Waals surface area (Å²) in [4.78, 5) is 0. The van der Waals surface area contributed by atoms with Crippen LogP contribution in [0.4, 0.5) is 0 Å². The van der Waals surface area contributed by atoms with Gasteiger partial charge in [0.25, 0.3) is 0 Å². The van der Waals surface area contributed by atoms with E-state index in [1.807, 2.05) is 41.7 Å². The molecule has 0 amide bonds. The predicted octanol–water partition coefficient (Wildman–Crippen LogP) is 5.79. The van der Waals surface area contributed by atoms with E-state index in [1.165, 1.54) is 30.3 Å². The van der Waals surface area contributed by atoms with Crippen molar-refractivity contribution in [2.75, 3.05) is 0 Å². The van der Waals surface area contributed by atoms with Crippen LogP contribution in [0.15, 0.2) is 91.0 Å². The number of thiophene rings is 2. The van der Waals surface area contributed by atoms with Crippen molar-refractivity contribution in [2.24, 2.45) is 0 Å². The Kier molecular flexibility index (Phi) is 4.82. The Morgan fingerprint density at radius 3 is 1.48 bits per heavy atom. The lowest BCUT2D eigenvalue weighted by Crippen LogP contribution is -2.29. The number of hydrogen-bond donors (Lipinski definition) is 2. The summed E-state index contributed by atoms with van der Waals surface area (Å²) in [6, 6.07) is 30.8. The van der Waals surface area contributed by atoms with Crippen LogP contribution < -0.4 is 5.46 Å². The highest BCUT2D eigenvalue weighted by atomic mass is 32.1. The second kappa shape index (κ2) is 7.62. The molecule has 2 heterocycles. The van der Waals surface area contributed by atoms with Crippen molar-refractivity contribution in [1.29, 1.82) is 0 Å². The van der Waals surface area contributed by atoms with Gasteiger partial charge < -0.3 is 10.0 Å². The molecule has 0 aliphatic rings. The minimum atomic E-state index is -1.41. The summed E-state index contributed by atoms with van der Waals surface area (Å²) in [6.07, 6.45) is 0. The van der Waals surface area contributed by atoms with Gasteiger partial charge in [0.15, 0.2) is 0 Å². The lowest BCUT2D eigenvalue weighted by molar-refractivity contribution is 0.426. The first-order chi connectivity index (χ1) is 14.2. The zero-order valence-corrected chi connectivity index (χ0v) is 17.1. The second-order valence-electron chi connectivity index (χ2n) is 6.79. The number of rotatable bonds is 1. The third-order valence-electron chi connectivity index (χ3n) is 5.00. The number of fused-ring (bicyclic) bond motifs is 6. The molecule has 0 spiro atoms. The van der Waals surface area contributed by atoms with E-state index in [1.54, 1.807) is 17.4 Å². The zero-order chi connectivity index (χ0) is 19.8. The maximum atomic E-state index is 9.31. The molecular formula is C24H17BO2S2. The summed E-state index contributed by atoms with van der Waals surface area (Å²) in [6.45, 7) is 0. The third-order valence-corrected chi connectivity index (χ3v) is 7.38. The van der Waals surface area contributed by atoms with E-state index in [0.29, 0.717) is 5.46 Å². The zero-order valence-electron chi connectivity index (χ0n) is 15.4. The summed E-state index contributed by atoms with van der Waals surface area (Å²) in [5.74, 6) is 0. The Bertz CT molecular complexity index is 1400. The molecule has 140 valence electrons. The van der Waals surface area contributed by atoms with Crippen molar-refractivity contribution in [3.8, 4) is 0 Å². The highest BCUT2D eigenvalue weighted by Gasteiger charge is 2.16. The molecule has 6 aromatic rings. The standard InChI is InChI=1S/C12H9BO2S.C12H8S/c14-13(15)10-6-3-5-9-8-4-1-2-7-11(8)16-12(9)10;1-3-7-11-9(5-1)10-6-2-4-8-12(10)13-11/h1-7,14-15H;1-8H. The smallest absolute Gasteiger partial charge is 0.423 e.